The van der Waals surface area contributed by atoms with Crippen molar-refractivity contribution >= 4 is 5.78 Å². The Labute approximate surface area is 106 Å². The standard InChI is InChI=1S/C13H18FN3O/c1-9-15-7-12(17(9)10-5-4-6-10)13(18)11(14)8-16(2)3/h7-8,10H,4-6H2,1-3H3/b11-8+. The lowest BCUT2D eigenvalue weighted by Crippen LogP contribution is -2.22. The zero-order chi connectivity index (χ0) is 13.3. The van der Waals surface area contributed by atoms with E-state index in [1.807, 2.05) is 11.5 Å². The van der Waals surface area contributed by atoms with Gasteiger partial charge in [-0.25, -0.2) is 9.37 Å². The molecule has 1 aliphatic carbocycles. The second kappa shape index (κ2) is 4.92. The molecule has 98 valence electrons. The van der Waals surface area contributed by atoms with Gasteiger partial charge in [-0.2, -0.15) is 0 Å². The summed E-state index contributed by atoms with van der Waals surface area (Å²) in [6.07, 6.45) is 5.90. The number of nitrogens with zero attached hydrogens (tertiary/aromatic N) is 3. The fourth-order valence-corrected chi connectivity index (χ4v) is 2.13. The molecule has 1 aliphatic rings. The van der Waals surface area contributed by atoms with Gasteiger partial charge >= 0.3 is 0 Å². The van der Waals surface area contributed by atoms with Crippen molar-refractivity contribution in [3.05, 3.63) is 29.7 Å². The number of hydrogen-bond donors (Lipinski definition) is 0. The fourth-order valence-electron chi connectivity index (χ4n) is 2.13. The van der Waals surface area contributed by atoms with Gasteiger partial charge in [0.2, 0.25) is 5.78 Å². The number of carbonyl (C=O) groups excluding carboxylic acids is 1. The quantitative estimate of drug-likeness (QED) is 0.609. The molecule has 1 aromatic heterocycles. The molecule has 1 saturated carbocycles. The van der Waals surface area contributed by atoms with Gasteiger partial charge in [0.25, 0.3) is 0 Å². The smallest absolute Gasteiger partial charge is 0.240 e. The van der Waals surface area contributed by atoms with E-state index in [1.54, 1.807) is 14.1 Å². The average Bonchev–Trinajstić information content (AvgIpc) is 2.57. The minimum Gasteiger partial charge on any atom is -0.381 e. The topological polar surface area (TPSA) is 38.1 Å². The molecule has 0 spiro atoms. The van der Waals surface area contributed by atoms with Gasteiger partial charge in [-0.3, -0.25) is 4.79 Å². The third-order valence-corrected chi connectivity index (χ3v) is 3.24. The monoisotopic (exact) mass is 251 g/mol. The molecule has 1 aromatic rings. The van der Waals surface area contributed by atoms with Crippen molar-refractivity contribution in [2.24, 2.45) is 0 Å². The highest BCUT2D eigenvalue weighted by molar-refractivity contribution is 6.05. The van der Waals surface area contributed by atoms with E-state index in [0.29, 0.717) is 11.7 Å². The Morgan fingerprint density at radius 2 is 2.22 bits per heavy atom. The minimum absolute atomic E-state index is 0.304. The Morgan fingerprint density at radius 3 is 2.72 bits per heavy atom. The molecule has 0 N–H and O–H groups in total. The van der Waals surface area contributed by atoms with E-state index in [-0.39, 0.29) is 0 Å². The SMILES string of the molecule is Cc1ncc(C(=O)/C(F)=C\N(C)C)n1C1CCC1. The van der Waals surface area contributed by atoms with Crippen LogP contribution in [0.2, 0.25) is 0 Å². The van der Waals surface area contributed by atoms with Crippen LogP contribution in [0.1, 0.15) is 41.6 Å². The predicted molar refractivity (Wildman–Crippen MR) is 67.1 cm³/mol. The Morgan fingerprint density at radius 1 is 1.56 bits per heavy atom. The molecular formula is C13H18FN3O. The molecule has 4 nitrogen and oxygen atoms in total. The Hall–Kier alpha value is -1.65. The molecular weight excluding hydrogens is 233 g/mol. The van der Waals surface area contributed by atoms with Crippen LogP contribution in [0.15, 0.2) is 18.2 Å². The second-order valence-electron chi connectivity index (χ2n) is 4.92. The highest BCUT2D eigenvalue weighted by atomic mass is 19.1. The van der Waals surface area contributed by atoms with Gasteiger partial charge in [0.1, 0.15) is 11.5 Å². The first-order valence-corrected chi connectivity index (χ1v) is 6.13. The number of aryl methyl sites for hydroxylation is 1. The van der Waals surface area contributed by atoms with Crippen molar-refractivity contribution < 1.29 is 9.18 Å². The van der Waals surface area contributed by atoms with Crippen molar-refractivity contribution in [1.82, 2.24) is 14.5 Å². The zero-order valence-corrected chi connectivity index (χ0v) is 11.0. The molecule has 1 fully saturated rings. The van der Waals surface area contributed by atoms with Gasteiger partial charge in [0.15, 0.2) is 5.83 Å². The lowest BCUT2D eigenvalue weighted by molar-refractivity contribution is 0.0987. The first-order valence-electron chi connectivity index (χ1n) is 6.13. The van der Waals surface area contributed by atoms with Crippen LogP contribution in [0, 0.1) is 6.92 Å². The number of allylic oxidation sites excluding steroid dienone is 1. The van der Waals surface area contributed by atoms with Crippen LogP contribution in [-0.4, -0.2) is 34.3 Å². The molecule has 0 atom stereocenters. The van der Waals surface area contributed by atoms with Crippen LogP contribution in [0.3, 0.4) is 0 Å². The van der Waals surface area contributed by atoms with Crippen LogP contribution in [0.4, 0.5) is 4.39 Å². The molecule has 0 amide bonds. The Kier molecular flexibility index (Phi) is 3.50. The van der Waals surface area contributed by atoms with Crippen LogP contribution in [0.5, 0.6) is 0 Å². The van der Waals surface area contributed by atoms with E-state index in [2.05, 4.69) is 4.98 Å². The number of hydrogen-bond acceptors (Lipinski definition) is 3. The normalized spacial score (nSPS) is 16.6. The molecule has 18 heavy (non-hydrogen) atoms. The molecule has 1 heterocycles. The third-order valence-electron chi connectivity index (χ3n) is 3.24. The van der Waals surface area contributed by atoms with E-state index >= 15 is 0 Å². The van der Waals surface area contributed by atoms with Gasteiger partial charge < -0.3 is 9.47 Å². The summed E-state index contributed by atoms with van der Waals surface area (Å²) in [4.78, 5) is 17.7. The van der Waals surface area contributed by atoms with Crippen molar-refractivity contribution in [3.8, 4) is 0 Å². The zero-order valence-electron chi connectivity index (χ0n) is 11.0. The van der Waals surface area contributed by atoms with E-state index in [4.69, 9.17) is 0 Å². The van der Waals surface area contributed by atoms with Crippen LogP contribution < -0.4 is 0 Å². The van der Waals surface area contributed by atoms with E-state index in [0.717, 1.165) is 25.1 Å². The first-order chi connectivity index (χ1) is 8.50. The fraction of sp³-hybridized carbons (Fsp3) is 0.538. The number of rotatable bonds is 4. The maximum absolute atomic E-state index is 13.7. The molecule has 0 saturated heterocycles. The summed E-state index contributed by atoms with van der Waals surface area (Å²) in [5, 5.41) is 0. The third kappa shape index (κ3) is 2.30. The Balaban J connectivity index is 2.30. The summed E-state index contributed by atoms with van der Waals surface area (Å²) in [6.45, 7) is 1.85. The summed E-state index contributed by atoms with van der Waals surface area (Å²) in [5.74, 6) is -0.558. The molecule has 2 rings (SSSR count). The largest absolute Gasteiger partial charge is 0.381 e. The summed E-state index contributed by atoms with van der Waals surface area (Å²) in [7, 11) is 3.36. The van der Waals surface area contributed by atoms with Gasteiger partial charge in [-0.15, -0.1) is 0 Å². The van der Waals surface area contributed by atoms with E-state index in [1.165, 1.54) is 17.3 Å². The van der Waals surface area contributed by atoms with Crippen LogP contribution >= 0.6 is 0 Å². The second-order valence-corrected chi connectivity index (χ2v) is 4.92. The van der Waals surface area contributed by atoms with Gasteiger partial charge in [-0.1, -0.05) is 0 Å². The number of Topliss-reactive ketones (excluding diaryl/α,β-unsaturated/α-hetero) is 1. The highest BCUT2D eigenvalue weighted by Crippen LogP contribution is 2.34. The van der Waals surface area contributed by atoms with Crippen molar-refractivity contribution in [2.75, 3.05) is 14.1 Å². The molecule has 0 bridgehead atoms. The summed E-state index contributed by atoms with van der Waals surface area (Å²) < 4.78 is 15.6. The molecule has 5 heteroatoms. The number of carbonyl (C=O) groups is 1. The van der Waals surface area contributed by atoms with Gasteiger partial charge in [0, 0.05) is 26.3 Å². The summed E-state index contributed by atoms with van der Waals surface area (Å²) >= 11 is 0. The molecule has 0 aromatic carbocycles. The number of halogens is 1. The summed E-state index contributed by atoms with van der Waals surface area (Å²) in [5.41, 5.74) is 0.354. The van der Waals surface area contributed by atoms with E-state index in [9.17, 15) is 9.18 Å². The van der Waals surface area contributed by atoms with Gasteiger partial charge in [0.05, 0.1) is 6.20 Å². The van der Waals surface area contributed by atoms with Crippen molar-refractivity contribution in [1.29, 1.82) is 0 Å². The van der Waals surface area contributed by atoms with Crippen molar-refractivity contribution in [3.63, 3.8) is 0 Å². The van der Waals surface area contributed by atoms with Crippen LogP contribution in [-0.2, 0) is 0 Å². The van der Waals surface area contributed by atoms with Crippen LogP contribution in [0.25, 0.3) is 0 Å². The van der Waals surface area contributed by atoms with Crippen molar-refractivity contribution in [2.45, 2.75) is 32.2 Å². The maximum Gasteiger partial charge on any atom is 0.240 e. The minimum atomic E-state index is -0.750. The lowest BCUT2D eigenvalue weighted by Gasteiger charge is -2.29. The average molecular weight is 251 g/mol. The highest BCUT2D eigenvalue weighted by Gasteiger charge is 2.27. The maximum atomic E-state index is 13.7. The first kappa shape index (κ1) is 12.8. The lowest BCUT2D eigenvalue weighted by atomic mass is 9.92. The number of imidazole rings is 1. The molecule has 0 unspecified atom stereocenters. The van der Waals surface area contributed by atoms with E-state index < -0.39 is 11.6 Å². The predicted octanol–water partition coefficient (Wildman–Crippen LogP) is 2.47. The Bertz CT molecular complexity index is 486. The summed E-state index contributed by atoms with van der Waals surface area (Å²) in [6, 6.07) is 0.304. The number of ketones is 1. The van der Waals surface area contributed by atoms with Gasteiger partial charge in [-0.05, 0) is 26.2 Å². The molecule has 0 radical (unpaired) electrons. The molecule has 0 aliphatic heterocycles. The number of aromatic nitrogens is 2.